The van der Waals surface area contributed by atoms with Crippen LogP contribution in [0.1, 0.15) is 37.7 Å². The summed E-state index contributed by atoms with van der Waals surface area (Å²) in [7, 11) is 0. The fourth-order valence-corrected chi connectivity index (χ4v) is 2.75. The van der Waals surface area contributed by atoms with Gasteiger partial charge < -0.3 is 11.1 Å². The number of nitrogens with two attached hydrogens (primary N) is 1. The minimum atomic E-state index is -0.283. The number of amides is 1. The molecule has 0 unspecified atom stereocenters. The van der Waals surface area contributed by atoms with Crippen LogP contribution in [0.25, 0.3) is 0 Å². The summed E-state index contributed by atoms with van der Waals surface area (Å²) in [5.74, 6) is 0.0149. The van der Waals surface area contributed by atoms with Crippen LogP contribution in [-0.2, 0) is 4.79 Å². The topological polar surface area (TPSA) is 55.1 Å². The summed E-state index contributed by atoms with van der Waals surface area (Å²) >= 11 is 3.44. The van der Waals surface area contributed by atoms with Gasteiger partial charge in [0.05, 0.1) is 0 Å². The molecule has 1 aliphatic rings. The van der Waals surface area contributed by atoms with Gasteiger partial charge >= 0.3 is 0 Å². The van der Waals surface area contributed by atoms with Gasteiger partial charge in [0.2, 0.25) is 5.91 Å². The zero-order valence-corrected chi connectivity index (χ0v) is 12.2. The number of anilines is 1. The molecule has 1 amide bonds. The summed E-state index contributed by atoms with van der Waals surface area (Å²) in [4.78, 5) is 12.0. The molecule has 0 aromatic heterocycles. The second-order valence-electron chi connectivity index (χ2n) is 5.26. The average Bonchev–Trinajstić information content (AvgIpc) is 2.70. The molecule has 1 saturated carbocycles. The first-order chi connectivity index (χ1) is 8.48. The number of carbonyl (C=O) groups excluding carboxylic acids is 1. The normalized spacial score (nSPS) is 17.7. The van der Waals surface area contributed by atoms with Crippen LogP contribution in [0.2, 0.25) is 0 Å². The quantitative estimate of drug-likeness (QED) is 0.899. The first-order valence-electron chi connectivity index (χ1n) is 6.33. The Morgan fingerprint density at radius 1 is 1.44 bits per heavy atom. The zero-order chi connectivity index (χ0) is 13.2. The van der Waals surface area contributed by atoms with Crippen LogP contribution >= 0.6 is 15.9 Å². The number of hydrogen-bond acceptors (Lipinski definition) is 2. The molecule has 2 rings (SSSR count). The smallest absolute Gasteiger partial charge is 0.226 e. The Labute approximate surface area is 116 Å². The molecule has 3 nitrogen and oxygen atoms in total. The van der Waals surface area contributed by atoms with Crippen LogP contribution in [0, 0.1) is 6.92 Å². The molecule has 0 heterocycles. The Bertz CT molecular complexity index is 453. The minimum absolute atomic E-state index is 0.0149. The third-order valence-corrected chi connectivity index (χ3v) is 4.44. The predicted octanol–water partition coefficient (Wildman–Crippen LogP) is 3.36. The summed E-state index contributed by atoms with van der Waals surface area (Å²) in [5, 5.41) is 2.92. The van der Waals surface area contributed by atoms with Gasteiger partial charge in [0, 0.05) is 22.1 Å². The van der Waals surface area contributed by atoms with E-state index in [1.54, 1.807) is 0 Å². The van der Waals surface area contributed by atoms with Crippen LogP contribution in [0.5, 0.6) is 0 Å². The molecule has 0 bridgehead atoms. The molecule has 1 fully saturated rings. The Morgan fingerprint density at radius 2 is 2.11 bits per heavy atom. The van der Waals surface area contributed by atoms with E-state index in [-0.39, 0.29) is 11.4 Å². The minimum Gasteiger partial charge on any atom is -0.326 e. The third-order valence-electron chi connectivity index (χ3n) is 3.55. The number of hydrogen-bond donors (Lipinski definition) is 2. The van der Waals surface area contributed by atoms with Crippen molar-refractivity contribution in [2.75, 3.05) is 5.32 Å². The fraction of sp³-hybridized carbons (Fsp3) is 0.500. The van der Waals surface area contributed by atoms with E-state index in [0.29, 0.717) is 6.42 Å². The molecular weight excluding hydrogens is 292 g/mol. The number of halogens is 1. The first kappa shape index (κ1) is 13.6. The van der Waals surface area contributed by atoms with Crippen molar-refractivity contribution in [3.63, 3.8) is 0 Å². The SMILES string of the molecule is Cc1cc(NC(=O)CC2(N)CCCC2)ccc1Br. The van der Waals surface area contributed by atoms with Crippen molar-refractivity contribution >= 4 is 27.5 Å². The maximum Gasteiger partial charge on any atom is 0.226 e. The van der Waals surface area contributed by atoms with Crippen molar-refractivity contribution in [2.45, 2.75) is 44.6 Å². The summed E-state index contributed by atoms with van der Waals surface area (Å²) in [6.45, 7) is 2.00. The van der Waals surface area contributed by atoms with Gasteiger partial charge in [0.15, 0.2) is 0 Å². The Balaban J connectivity index is 1.96. The molecule has 0 aliphatic heterocycles. The average molecular weight is 311 g/mol. The van der Waals surface area contributed by atoms with Gasteiger partial charge in [-0.2, -0.15) is 0 Å². The lowest BCUT2D eigenvalue weighted by atomic mass is 9.94. The molecule has 1 aromatic rings. The second kappa shape index (κ2) is 5.41. The Morgan fingerprint density at radius 3 is 2.72 bits per heavy atom. The molecule has 98 valence electrons. The van der Waals surface area contributed by atoms with Gasteiger partial charge in [0.1, 0.15) is 0 Å². The largest absolute Gasteiger partial charge is 0.326 e. The summed E-state index contributed by atoms with van der Waals surface area (Å²) in [5.41, 5.74) is 7.86. The number of nitrogens with one attached hydrogen (secondary N) is 1. The van der Waals surface area contributed by atoms with Gasteiger partial charge in [-0.25, -0.2) is 0 Å². The summed E-state index contributed by atoms with van der Waals surface area (Å²) < 4.78 is 1.05. The van der Waals surface area contributed by atoms with Crippen LogP contribution < -0.4 is 11.1 Å². The molecule has 0 saturated heterocycles. The lowest BCUT2D eigenvalue weighted by Crippen LogP contribution is -2.40. The molecule has 0 spiro atoms. The highest BCUT2D eigenvalue weighted by Gasteiger charge is 2.31. The zero-order valence-electron chi connectivity index (χ0n) is 10.6. The van der Waals surface area contributed by atoms with Gasteiger partial charge in [-0.1, -0.05) is 28.8 Å². The molecule has 18 heavy (non-hydrogen) atoms. The van der Waals surface area contributed by atoms with Gasteiger partial charge in [-0.05, 0) is 43.5 Å². The van der Waals surface area contributed by atoms with Gasteiger partial charge in [-0.3, -0.25) is 4.79 Å². The van der Waals surface area contributed by atoms with Crippen molar-refractivity contribution < 1.29 is 4.79 Å². The Kier molecular flexibility index (Phi) is 4.07. The van der Waals surface area contributed by atoms with Crippen molar-refractivity contribution in [2.24, 2.45) is 5.73 Å². The molecule has 1 aromatic carbocycles. The van der Waals surface area contributed by atoms with Crippen LogP contribution in [0.3, 0.4) is 0 Å². The van der Waals surface area contributed by atoms with E-state index in [1.807, 2.05) is 25.1 Å². The second-order valence-corrected chi connectivity index (χ2v) is 6.11. The van der Waals surface area contributed by atoms with E-state index in [1.165, 1.54) is 0 Å². The molecule has 3 N–H and O–H groups in total. The van der Waals surface area contributed by atoms with E-state index in [2.05, 4.69) is 21.2 Å². The monoisotopic (exact) mass is 310 g/mol. The number of rotatable bonds is 3. The molecule has 4 heteroatoms. The lowest BCUT2D eigenvalue weighted by Gasteiger charge is -2.22. The van der Waals surface area contributed by atoms with Crippen molar-refractivity contribution in [1.82, 2.24) is 0 Å². The Hall–Kier alpha value is -0.870. The fourth-order valence-electron chi connectivity index (χ4n) is 2.50. The molecule has 0 atom stereocenters. The van der Waals surface area contributed by atoms with Crippen LogP contribution in [0.15, 0.2) is 22.7 Å². The number of benzene rings is 1. The van der Waals surface area contributed by atoms with Crippen LogP contribution in [-0.4, -0.2) is 11.4 Å². The number of carbonyl (C=O) groups is 1. The van der Waals surface area contributed by atoms with E-state index < -0.39 is 0 Å². The first-order valence-corrected chi connectivity index (χ1v) is 7.13. The number of aryl methyl sites for hydroxylation is 1. The van der Waals surface area contributed by atoms with Gasteiger partial charge in [-0.15, -0.1) is 0 Å². The summed E-state index contributed by atoms with van der Waals surface area (Å²) in [6.07, 6.45) is 4.62. The standard InChI is InChI=1S/C14H19BrN2O/c1-10-8-11(4-5-12(10)15)17-13(18)9-14(16)6-2-3-7-14/h4-5,8H,2-3,6-7,9,16H2,1H3,(H,17,18). The predicted molar refractivity (Wildman–Crippen MR) is 77.5 cm³/mol. The molecule has 0 radical (unpaired) electrons. The van der Waals surface area contributed by atoms with E-state index in [9.17, 15) is 4.79 Å². The third kappa shape index (κ3) is 3.33. The highest BCUT2D eigenvalue weighted by atomic mass is 79.9. The van der Waals surface area contributed by atoms with Crippen LogP contribution in [0.4, 0.5) is 5.69 Å². The van der Waals surface area contributed by atoms with Crippen molar-refractivity contribution in [3.05, 3.63) is 28.2 Å². The summed E-state index contributed by atoms with van der Waals surface area (Å²) in [6, 6.07) is 5.80. The molecule has 1 aliphatic carbocycles. The van der Waals surface area contributed by atoms with Gasteiger partial charge in [0.25, 0.3) is 0 Å². The van der Waals surface area contributed by atoms with E-state index in [0.717, 1.165) is 41.4 Å². The lowest BCUT2D eigenvalue weighted by molar-refractivity contribution is -0.117. The van der Waals surface area contributed by atoms with E-state index in [4.69, 9.17) is 5.73 Å². The molecular formula is C14H19BrN2O. The van der Waals surface area contributed by atoms with Crippen molar-refractivity contribution in [1.29, 1.82) is 0 Å². The van der Waals surface area contributed by atoms with Crippen molar-refractivity contribution in [3.8, 4) is 0 Å². The maximum absolute atomic E-state index is 12.0. The highest BCUT2D eigenvalue weighted by molar-refractivity contribution is 9.10. The maximum atomic E-state index is 12.0. The van der Waals surface area contributed by atoms with E-state index >= 15 is 0 Å². The highest BCUT2D eigenvalue weighted by Crippen LogP contribution is 2.30.